The van der Waals surface area contributed by atoms with Crippen molar-refractivity contribution in [2.45, 2.75) is 45.1 Å². The monoisotopic (exact) mass is 490 g/mol. The molecule has 0 atom stereocenters. The Morgan fingerprint density at radius 1 is 1.06 bits per heavy atom. The topological polar surface area (TPSA) is 43.6 Å². The van der Waals surface area contributed by atoms with Gasteiger partial charge in [-0.15, -0.1) is 0 Å². The summed E-state index contributed by atoms with van der Waals surface area (Å²) >= 11 is 1.46. The van der Waals surface area contributed by atoms with Gasteiger partial charge in [0.05, 0.1) is 16.9 Å². The molecule has 1 heterocycles. The summed E-state index contributed by atoms with van der Waals surface area (Å²) in [5.41, 5.74) is 1.97. The molecule has 182 valence electrons. The molecule has 7 rings (SSSR count). The molecule has 4 bridgehead atoms. The number of ether oxygens (including phenoxy) is 1. The van der Waals surface area contributed by atoms with Crippen molar-refractivity contribution >= 4 is 17.2 Å². The lowest BCUT2D eigenvalue weighted by atomic mass is 9.49. The van der Waals surface area contributed by atoms with Gasteiger partial charge in [0, 0.05) is 25.4 Å². The van der Waals surface area contributed by atoms with E-state index in [4.69, 9.17) is 9.73 Å². The van der Waals surface area contributed by atoms with E-state index in [9.17, 15) is 4.79 Å². The molecule has 6 heteroatoms. The van der Waals surface area contributed by atoms with Crippen LogP contribution in [-0.2, 0) is 16.1 Å². The van der Waals surface area contributed by atoms with Gasteiger partial charge in [0.2, 0.25) is 0 Å². The quantitative estimate of drug-likeness (QED) is 0.406. The molecule has 4 aliphatic rings. The number of carbonyl (C=O) groups is 1. The second-order valence-corrected chi connectivity index (χ2v) is 11.7. The van der Waals surface area contributed by atoms with E-state index in [0.717, 1.165) is 35.3 Å². The maximum absolute atomic E-state index is 15.1. The fraction of sp³-hybridized carbons (Fsp3) is 0.448. The van der Waals surface area contributed by atoms with Gasteiger partial charge in [-0.2, -0.15) is 4.99 Å². The Labute approximate surface area is 209 Å². The Hall–Kier alpha value is -2.57. The molecule has 2 aromatic carbocycles. The highest BCUT2D eigenvalue weighted by molar-refractivity contribution is 7.12. The average Bonchev–Trinajstić information content (AvgIpc) is 3.25. The third-order valence-electron chi connectivity index (χ3n) is 8.28. The minimum Gasteiger partial charge on any atom is -0.383 e. The second-order valence-electron chi connectivity index (χ2n) is 10.7. The largest absolute Gasteiger partial charge is 0.383 e. The van der Waals surface area contributed by atoms with Gasteiger partial charge >= 0.3 is 0 Å². The van der Waals surface area contributed by atoms with Crippen LogP contribution in [0.3, 0.4) is 0 Å². The third kappa shape index (κ3) is 4.31. The van der Waals surface area contributed by atoms with Gasteiger partial charge in [-0.3, -0.25) is 4.79 Å². The molecule has 4 nitrogen and oxygen atoms in total. The van der Waals surface area contributed by atoms with Crippen LogP contribution in [0.1, 0.15) is 38.5 Å². The molecule has 0 radical (unpaired) electrons. The summed E-state index contributed by atoms with van der Waals surface area (Å²) in [7, 11) is 1.67. The van der Waals surface area contributed by atoms with Crippen LogP contribution < -0.4 is 4.80 Å². The smallest absolute Gasteiger partial charge is 0.254 e. The number of hydrogen-bond donors (Lipinski definition) is 0. The second kappa shape index (κ2) is 9.14. The summed E-state index contributed by atoms with van der Waals surface area (Å²) in [5.74, 6) is 1.90. The van der Waals surface area contributed by atoms with E-state index >= 15 is 4.39 Å². The lowest BCUT2D eigenvalue weighted by Gasteiger charge is -2.55. The average molecular weight is 491 g/mol. The molecule has 35 heavy (non-hydrogen) atoms. The van der Waals surface area contributed by atoms with Crippen molar-refractivity contribution in [2.24, 2.45) is 28.2 Å². The Morgan fingerprint density at radius 2 is 1.74 bits per heavy atom. The zero-order valence-corrected chi connectivity index (χ0v) is 20.9. The van der Waals surface area contributed by atoms with E-state index < -0.39 is 0 Å². The Morgan fingerprint density at radius 3 is 2.37 bits per heavy atom. The first-order valence-electron chi connectivity index (χ1n) is 12.7. The van der Waals surface area contributed by atoms with Crippen molar-refractivity contribution in [3.63, 3.8) is 0 Å². The third-order valence-corrected chi connectivity index (χ3v) is 9.35. The van der Waals surface area contributed by atoms with E-state index in [-0.39, 0.29) is 17.1 Å². The van der Waals surface area contributed by atoms with Crippen LogP contribution in [0, 0.1) is 29.0 Å². The van der Waals surface area contributed by atoms with Crippen LogP contribution in [0.2, 0.25) is 0 Å². The van der Waals surface area contributed by atoms with Crippen molar-refractivity contribution in [2.75, 3.05) is 13.7 Å². The van der Waals surface area contributed by atoms with E-state index in [1.807, 2.05) is 53.2 Å². The van der Waals surface area contributed by atoms with Crippen LogP contribution in [-0.4, -0.2) is 24.2 Å². The summed E-state index contributed by atoms with van der Waals surface area (Å²) in [6, 6.07) is 14.9. The molecule has 4 aliphatic carbocycles. The summed E-state index contributed by atoms with van der Waals surface area (Å²) in [5, 5.41) is 0. The van der Waals surface area contributed by atoms with Crippen LogP contribution >= 0.6 is 11.3 Å². The highest BCUT2D eigenvalue weighted by Crippen LogP contribution is 2.60. The molecular formula is C29H31FN2O2S. The molecule has 3 aromatic rings. The standard InChI is InChI=1S/C29H31FN2O2S/c1-34-10-9-32-18-26(23-7-8-24(25(30)14-23)22-5-3-2-4-6-22)35-28(32)31-27(33)29-15-19-11-20(16-29)13-21(12-19)17-29/h2-8,14,18-21H,9-13,15-17H2,1H3/b31-28-. The summed E-state index contributed by atoms with van der Waals surface area (Å²) < 4.78 is 22.4. The Balaban J connectivity index is 1.34. The van der Waals surface area contributed by atoms with Gasteiger partial charge in [-0.25, -0.2) is 4.39 Å². The first-order chi connectivity index (χ1) is 17.0. The van der Waals surface area contributed by atoms with Crippen molar-refractivity contribution in [1.82, 2.24) is 4.57 Å². The maximum atomic E-state index is 15.1. The predicted octanol–water partition coefficient (Wildman–Crippen LogP) is 6.31. The lowest BCUT2D eigenvalue weighted by molar-refractivity contribution is -0.142. The zero-order valence-electron chi connectivity index (χ0n) is 20.1. The number of amides is 1. The van der Waals surface area contributed by atoms with Gasteiger partial charge in [0.1, 0.15) is 5.82 Å². The molecular weight excluding hydrogens is 459 g/mol. The molecule has 0 saturated heterocycles. The zero-order chi connectivity index (χ0) is 24.0. The summed E-state index contributed by atoms with van der Waals surface area (Å²) in [6.07, 6.45) is 8.89. The van der Waals surface area contributed by atoms with Gasteiger partial charge in [-0.05, 0) is 73.5 Å². The van der Waals surface area contributed by atoms with Crippen LogP contribution in [0.5, 0.6) is 0 Å². The minimum atomic E-state index is -0.262. The number of thiazole rings is 1. The molecule has 0 aliphatic heterocycles. The summed E-state index contributed by atoms with van der Waals surface area (Å²) in [6.45, 7) is 1.13. The van der Waals surface area contributed by atoms with Crippen molar-refractivity contribution in [3.8, 4) is 21.6 Å². The van der Waals surface area contributed by atoms with Crippen LogP contribution in [0.15, 0.2) is 59.7 Å². The van der Waals surface area contributed by atoms with E-state index in [1.54, 1.807) is 13.2 Å². The number of methoxy groups -OCH3 is 1. The predicted molar refractivity (Wildman–Crippen MR) is 136 cm³/mol. The van der Waals surface area contributed by atoms with Crippen LogP contribution in [0.4, 0.5) is 4.39 Å². The van der Waals surface area contributed by atoms with Crippen molar-refractivity contribution in [1.29, 1.82) is 0 Å². The molecule has 0 spiro atoms. The first-order valence-corrected chi connectivity index (χ1v) is 13.5. The molecule has 1 amide bonds. The van der Waals surface area contributed by atoms with Gasteiger partial charge in [0.25, 0.3) is 5.91 Å². The van der Waals surface area contributed by atoms with Crippen molar-refractivity contribution < 1.29 is 13.9 Å². The molecule has 1 aromatic heterocycles. The number of carbonyl (C=O) groups excluding carboxylic acids is 1. The van der Waals surface area contributed by atoms with Crippen LogP contribution in [0.25, 0.3) is 21.6 Å². The molecule has 4 saturated carbocycles. The number of nitrogens with zero attached hydrogens (tertiary/aromatic N) is 2. The number of hydrogen-bond acceptors (Lipinski definition) is 3. The SMILES string of the molecule is COCCn1cc(-c2ccc(-c3ccccc3)c(F)c2)s/c1=N\C(=O)C12CC3CC(CC(C3)C1)C2. The number of aromatic nitrogens is 1. The Bertz CT molecular complexity index is 1270. The first kappa shape index (κ1) is 22.9. The lowest BCUT2D eigenvalue weighted by Crippen LogP contribution is -2.49. The van der Waals surface area contributed by atoms with Crippen molar-refractivity contribution in [3.05, 3.63) is 65.3 Å². The number of halogens is 1. The van der Waals surface area contributed by atoms with Gasteiger partial charge in [-0.1, -0.05) is 53.8 Å². The van der Waals surface area contributed by atoms with Gasteiger partial charge in [0.15, 0.2) is 4.80 Å². The van der Waals surface area contributed by atoms with Gasteiger partial charge < -0.3 is 9.30 Å². The van der Waals surface area contributed by atoms with E-state index in [1.165, 1.54) is 30.6 Å². The number of rotatable bonds is 6. The highest BCUT2D eigenvalue weighted by Gasteiger charge is 2.54. The summed E-state index contributed by atoms with van der Waals surface area (Å²) in [4.78, 5) is 19.9. The Kier molecular flexibility index (Phi) is 5.97. The number of benzene rings is 2. The molecule has 0 unspecified atom stereocenters. The highest BCUT2D eigenvalue weighted by atomic mass is 32.1. The molecule has 4 fully saturated rings. The van der Waals surface area contributed by atoms with E-state index in [0.29, 0.717) is 41.3 Å². The normalized spacial score (nSPS) is 27.5. The fourth-order valence-electron chi connectivity index (χ4n) is 7.05. The fourth-order valence-corrected chi connectivity index (χ4v) is 8.06. The maximum Gasteiger partial charge on any atom is 0.254 e. The van der Waals surface area contributed by atoms with E-state index in [2.05, 4.69) is 0 Å². The molecule has 0 N–H and O–H groups in total. The minimum absolute atomic E-state index is 0.0572.